The van der Waals surface area contributed by atoms with Gasteiger partial charge in [0.2, 0.25) is 17.8 Å². The van der Waals surface area contributed by atoms with E-state index in [0.29, 0.717) is 11.4 Å². The Morgan fingerprint density at radius 2 is 1.67 bits per heavy atom. The molecule has 3 rings (SSSR count). The van der Waals surface area contributed by atoms with Crippen molar-refractivity contribution in [2.45, 2.75) is 31.5 Å². The fourth-order valence-electron chi connectivity index (χ4n) is 3.57. The maximum Gasteiger partial charge on any atom is 0.328 e. The molecular weight excluding hydrogens is 572 g/mol. The summed E-state index contributed by atoms with van der Waals surface area (Å²) < 4.78 is 0. The minimum atomic E-state index is -1.49. The van der Waals surface area contributed by atoms with E-state index in [1.54, 1.807) is 12.1 Å². The highest BCUT2D eigenvalue weighted by Crippen LogP contribution is 2.12. The number of nitrogens with two attached hydrogens (primary N) is 2. The molecule has 3 aromatic rings. The number of aromatic amines is 1. The third-order valence-corrected chi connectivity index (χ3v) is 5.72. The number of hydrogen-bond donors (Lipinski definition) is 9. The van der Waals surface area contributed by atoms with Gasteiger partial charge in [0.05, 0.1) is 18.4 Å². The standard InChI is InChI=1S/C24H28N10O9/c25-24-33-19-18(21(38)34-24)30-13(8-29-19)7-27-12-3-1-11(2-4-12)20(37)32-14(22(39)40)5-6-16(35)31-15(23(41)42)9-28-17(36)10-43-26/h1-4,8,14-15,27H,5-7,9-10,26H2,(H,28,36)(H,31,35)(H,32,37)(H,39,40)(H,41,42)(H3,25,29,33,34,38)/t14-,15-/m0/s1. The smallest absolute Gasteiger partial charge is 0.328 e. The van der Waals surface area contributed by atoms with E-state index in [2.05, 4.69) is 46.0 Å². The summed E-state index contributed by atoms with van der Waals surface area (Å²) in [6, 6.07) is 3.05. The first kappa shape index (κ1) is 31.8. The van der Waals surface area contributed by atoms with Gasteiger partial charge in [0, 0.05) is 24.2 Å². The molecule has 0 saturated heterocycles. The number of amides is 3. The Hall–Kier alpha value is -5.69. The maximum absolute atomic E-state index is 12.6. The van der Waals surface area contributed by atoms with Crippen molar-refractivity contribution in [3.05, 3.63) is 52.1 Å². The van der Waals surface area contributed by atoms with Crippen LogP contribution in [0.15, 0.2) is 35.3 Å². The van der Waals surface area contributed by atoms with Gasteiger partial charge in [-0.15, -0.1) is 0 Å². The van der Waals surface area contributed by atoms with Crippen LogP contribution in [0, 0.1) is 0 Å². The largest absolute Gasteiger partial charge is 0.480 e. The van der Waals surface area contributed by atoms with Gasteiger partial charge in [-0.1, -0.05) is 0 Å². The average Bonchev–Trinajstić information content (AvgIpc) is 2.96. The molecule has 0 spiro atoms. The third-order valence-electron chi connectivity index (χ3n) is 5.72. The fourth-order valence-corrected chi connectivity index (χ4v) is 3.57. The molecule has 0 fully saturated rings. The average molecular weight is 601 g/mol. The first-order valence-corrected chi connectivity index (χ1v) is 12.5. The Balaban J connectivity index is 1.52. The van der Waals surface area contributed by atoms with Crippen LogP contribution >= 0.6 is 0 Å². The summed E-state index contributed by atoms with van der Waals surface area (Å²) in [4.78, 5) is 90.0. The van der Waals surface area contributed by atoms with Gasteiger partial charge in [0.1, 0.15) is 18.7 Å². The molecule has 1 aromatic carbocycles. The van der Waals surface area contributed by atoms with Crippen molar-refractivity contribution in [1.29, 1.82) is 0 Å². The highest BCUT2D eigenvalue weighted by Gasteiger charge is 2.24. The Labute approximate surface area is 241 Å². The van der Waals surface area contributed by atoms with Crippen molar-refractivity contribution in [2.24, 2.45) is 5.90 Å². The number of anilines is 2. The minimum absolute atomic E-state index is 0.0232. The lowest BCUT2D eigenvalue weighted by molar-refractivity contribution is -0.142. The number of aliphatic carboxylic acids is 2. The van der Waals surface area contributed by atoms with E-state index in [1.165, 1.54) is 18.3 Å². The monoisotopic (exact) mass is 600 g/mol. The van der Waals surface area contributed by atoms with Crippen LogP contribution in [0.1, 0.15) is 28.9 Å². The number of carbonyl (C=O) groups excluding carboxylic acids is 3. The molecule has 11 N–H and O–H groups in total. The molecule has 2 aromatic heterocycles. The molecule has 0 aliphatic heterocycles. The van der Waals surface area contributed by atoms with Gasteiger partial charge in [-0.05, 0) is 30.7 Å². The predicted molar refractivity (Wildman–Crippen MR) is 147 cm³/mol. The number of fused-ring (bicyclic) bond motifs is 1. The summed E-state index contributed by atoms with van der Waals surface area (Å²) in [6.45, 7) is -0.799. The SMILES string of the molecule is NOCC(=O)NC[C@H](NC(=O)CC[C@H](NC(=O)c1ccc(NCc2cnc3nc(N)[nH]c(=O)c3n2)cc1)C(=O)O)C(=O)O. The van der Waals surface area contributed by atoms with Crippen molar-refractivity contribution in [3.63, 3.8) is 0 Å². The van der Waals surface area contributed by atoms with Gasteiger partial charge >= 0.3 is 11.9 Å². The number of H-pyrrole nitrogens is 1. The molecule has 0 aliphatic carbocycles. The predicted octanol–water partition coefficient (Wildman–Crippen LogP) is -2.55. The number of hydrogen-bond acceptors (Lipinski definition) is 13. The first-order chi connectivity index (χ1) is 20.5. The summed E-state index contributed by atoms with van der Waals surface area (Å²) in [5.41, 5.74) is 6.23. The van der Waals surface area contributed by atoms with Crippen LogP contribution in [0.25, 0.3) is 11.2 Å². The molecular formula is C24H28N10O9. The van der Waals surface area contributed by atoms with E-state index in [9.17, 15) is 39.0 Å². The number of rotatable bonds is 15. The molecule has 228 valence electrons. The maximum atomic E-state index is 12.6. The van der Waals surface area contributed by atoms with Crippen LogP contribution in [-0.4, -0.2) is 85.0 Å². The second kappa shape index (κ2) is 14.8. The molecule has 2 atom stereocenters. The number of carbonyl (C=O) groups is 5. The van der Waals surface area contributed by atoms with Crippen molar-refractivity contribution in [3.8, 4) is 0 Å². The second-order valence-corrected chi connectivity index (χ2v) is 8.89. The van der Waals surface area contributed by atoms with Gasteiger partial charge in [-0.2, -0.15) is 4.98 Å². The molecule has 43 heavy (non-hydrogen) atoms. The third kappa shape index (κ3) is 9.43. The number of carboxylic acid groups (broad SMARTS) is 2. The number of nitrogens with zero attached hydrogens (tertiary/aromatic N) is 3. The molecule has 0 unspecified atom stereocenters. The Morgan fingerprint density at radius 1 is 0.977 bits per heavy atom. The fraction of sp³-hybridized carbons (Fsp3) is 0.292. The van der Waals surface area contributed by atoms with E-state index >= 15 is 0 Å². The quantitative estimate of drug-likeness (QED) is 0.0811. The summed E-state index contributed by atoms with van der Waals surface area (Å²) in [6.07, 6.45) is 0.647. The lowest BCUT2D eigenvalue weighted by atomic mass is 10.1. The van der Waals surface area contributed by atoms with E-state index in [4.69, 9.17) is 11.6 Å². The van der Waals surface area contributed by atoms with Crippen molar-refractivity contribution in [1.82, 2.24) is 35.9 Å². The normalized spacial score (nSPS) is 12.1. The lowest BCUT2D eigenvalue weighted by Gasteiger charge is -2.17. The number of nitrogens with one attached hydrogen (secondary N) is 5. The number of aromatic nitrogens is 4. The van der Waals surface area contributed by atoms with Crippen LogP contribution in [0.2, 0.25) is 0 Å². The van der Waals surface area contributed by atoms with Gasteiger partial charge in [-0.25, -0.2) is 25.5 Å². The Kier molecular flexibility index (Phi) is 11.0. The number of carboxylic acids is 2. The summed E-state index contributed by atoms with van der Waals surface area (Å²) in [7, 11) is 0. The molecule has 0 saturated carbocycles. The first-order valence-electron chi connectivity index (χ1n) is 12.5. The highest BCUT2D eigenvalue weighted by molar-refractivity contribution is 5.97. The van der Waals surface area contributed by atoms with Crippen LogP contribution in [0.3, 0.4) is 0 Å². The molecule has 3 amide bonds. The molecule has 0 bridgehead atoms. The highest BCUT2D eigenvalue weighted by atomic mass is 16.6. The van der Waals surface area contributed by atoms with Crippen LogP contribution in [-0.2, 0) is 30.6 Å². The van der Waals surface area contributed by atoms with Crippen molar-refractivity contribution < 1.29 is 39.0 Å². The molecule has 0 radical (unpaired) electrons. The summed E-state index contributed by atoms with van der Waals surface area (Å²) >= 11 is 0. The van der Waals surface area contributed by atoms with Gasteiger partial charge in [0.25, 0.3) is 11.5 Å². The molecule has 19 heteroatoms. The van der Waals surface area contributed by atoms with Crippen molar-refractivity contribution >= 4 is 52.5 Å². The Bertz CT molecular complexity index is 1560. The minimum Gasteiger partial charge on any atom is -0.480 e. The zero-order valence-corrected chi connectivity index (χ0v) is 22.3. The molecule has 0 aliphatic rings. The molecule has 2 heterocycles. The zero-order valence-electron chi connectivity index (χ0n) is 22.3. The van der Waals surface area contributed by atoms with Crippen LogP contribution < -0.4 is 38.5 Å². The molecule has 19 nitrogen and oxygen atoms in total. The van der Waals surface area contributed by atoms with Crippen LogP contribution in [0.4, 0.5) is 11.6 Å². The van der Waals surface area contributed by atoms with Gasteiger partial charge in [-0.3, -0.25) is 29.0 Å². The summed E-state index contributed by atoms with van der Waals surface area (Å²) in [5, 5.41) is 28.5. The van der Waals surface area contributed by atoms with Gasteiger partial charge < -0.3 is 37.2 Å². The Morgan fingerprint density at radius 3 is 2.33 bits per heavy atom. The van der Waals surface area contributed by atoms with E-state index in [-0.39, 0.29) is 35.6 Å². The topological polar surface area (TPSA) is 307 Å². The van der Waals surface area contributed by atoms with E-state index in [0.717, 1.165) is 0 Å². The summed E-state index contributed by atoms with van der Waals surface area (Å²) in [5.74, 6) is -0.409. The van der Waals surface area contributed by atoms with Gasteiger partial charge in [0.15, 0.2) is 11.2 Å². The number of nitrogen functional groups attached to an aromatic ring is 1. The number of benzene rings is 1. The second-order valence-electron chi connectivity index (χ2n) is 8.89. The lowest BCUT2D eigenvalue weighted by Crippen LogP contribution is -2.49. The van der Waals surface area contributed by atoms with E-state index in [1.807, 2.05) is 0 Å². The van der Waals surface area contributed by atoms with Crippen molar-refractivity contribution in [2.75, 3.05) is 24.2 Å². The zero-order chi connectivity index (χ0) is 31.5. The van der Waals surface area contributed by atoms with Crippen LogP contribution in [0.5, 0.6) is 0 Å². The van der Waals surface area contributed by atoms with E-state index < -0.39 is 66.9 Å².